The highest BCUT2D eigenvalue weighted by atomic mass is 127. The van der Waals surface area contributed by atoms with Crippen molar-refractivity contribution in [1.29, 1.82) is 0 Å². The van der Waals surface area contributed by atoms with E-state index in [1.54, 1.807) is 0 Å². The van der Waals surface area contributed by atoms with Crippen molar-refractivity contribution in [2.45, 2.75) is 46.1 Å². The molecule has 158 valence electrons. The molecule has 1 atom stereocenters. The van der Waals surface area contributed by atoms with Crippen molar-refractivity contribution in [2.24, 2.45) is 10.9 Å². The van der Waals surface area contributed by atoms with Crippen LogP contribution < -0.4 is 10.6 Å². The van der Waals surface area contributed by atoms with E-state index in [0.717, 1.165) is 71.3 Å². The molecule has 7 nitrogen and oxygen atoms in total. The summed E-state index contributed by atoms with van der Waals surface area (Å²) in [6.07, 6.45) is 2.81. The van der Waals surface area contributed by atoms with E-state index in [9.17, 15) is 4.79 Å². The Morgan fingerprint density at radius 1 is 1.11 bits per heavy atom. The van der Waals surface area contributed by atoms with E-state index >= 15 is 0 Å². The predicted octanol–water partition coefficient (Wildman–Crippen LogP) is 1.53. The lowest BCUT2D eigenvalue weighted by atomic mass is 10.0. The third-order valence-corrected chi connectivity index (χ3v) is 5.16. The van der Waals surface area contributed by atoms with Crippen LogP contribution >= 0.6 is 24.0 Å². The minimum Gasteiger partial charge on any atom is -0.379 e. The highest BCUT2D eigenvalue weighted by molar-refractivity contribution is 14.0. The van der Waals surface area contributed by atoms with E-state index in [-0.39, 0.29) is 29.9 Å². The van der Waals surface area contributed by atoms with Crippen LogP contribution in [-0.2, 0) is 9.53 Å². The van der Waals surface area contributed by atoms with Gasteiger partial charge in [-0.1, -0.05) is 13.8 Å². The molecular formula is C19H38IN5O2. The van der Waals surface area contributed by atoms with E-state index in [1.807, 2.05) is 4.90 Å². The van der Waals surface area contributed by atoms with Gasteiger partial charge in [0.2, 0.25) is 5.91 Å². The second kappa shape index (κ2) is 13.5. The number of carbonyl (C=O) groups is 1. The fraction of sp³-hybridized carbons (Fsp3) is 0.895. The number of halogens is 1. The molecule has 2 aliphatic heterocycles. The minimum atomic E-state index is 0. The molecule has 0 aromatic rings. The van der Waals surface area contributed by atoms with Crippen LogP contribution in [0.1, 0.15) is 40.0 Å². The Kier molecular flexibility index (Phi) is 12.3. The lowest BCUT2D eigenvalue weighted by Crippen LogP contribution is -2.48. The van der Waals surface area contributed by atoms with Gasteiger partial charge < -0.3 is 20.3 Å². The Labute approximate surface area is 181 Å². The summed E-state index contributed by atoms with van der Waals surface area (Å²) in [5, 5.41) is 6.61. The van der Waals surface area contributed by atoms with Crippen molar-refractivity contribution in [3.8, 4) is 0 Å². The number of morpholine rings is 1. The maximum Gasteiger partial charge on any atom is 0.224 e. The first-order valence-electron chi connectivity index (χ1n) is 10.2. The molecule has 1 amide bonds. The first-order chi connectivity index (χ1) is 12.6. The van der Waals surface area contributed by atoms with E-state index in [2.05, 4.69) is 36.3 Å². The topological polar surface area (TPSA) is 69.2 Å². The largest absolute Gasteiger partial charge is 0.379 e. The van der Waals surface area contributed by atoms with Crippen LogP contribution in [0.2, 0.25) is 0 Å². The molecule has 2 saturated heterocycles. The van der Waals surface area contributed by atoms with Crippen molar-refractivity contribution >= 4 is 35.8 Å². The van der Waals surface area contributed by atoms with Crippen molar-refractivity contribution in [3.63, 3.8) is 0 Å². The average molecular weight is 495 g/mol. The molecule has 0 aliphatic carbocycles. The van der Waals surface area contributed by atoms with E-state index < -0.39 is 0 Å². The van der Waals surface area contributed by atoms with Crippen molar-refractivity contribution < 1.29 is 9.53 Å². The number of amides is 1. The fourth-order valence-electron chi connectivity index (χ4n) is 3.60. The molecule has 0 aromatic carbocycles. The van der Waals surface area contributed by atoms with Crippen LogP contribution in [0.25, 0.3) is 0 Å². The average Bonchev–Trinajstić information content (AvgIpc) is 3.17. The molecule has 8 heteroatoms. The zero-order valence-corrected chi connectivity index (χ0v) is 19.5. The zero-order chi connectivity index (χ0) is 18.8. The maximum absolute atomic E-state index is 12.2. The van der Waals surface area contributed by atoms with Gasteiger partial charge in [0.05, 0.1) is 19.8 Å². The number of rotatable bonds is 8. The standard InChI is InChI=1S/C19H37N5O2.HI/c1-4-20-19(21-8-7-18(25)24-9-5-6-10-24)22-15-17(16(2)3)23-11-13-26-14-12-23;/h16-17H,4-15H2,1-3H3,(H2,20,21,22);1H. The number of nitrogens with zero attached hydrogens (tertiary/aromatic N) is 3. The monoisotopic (exact) mass is 495 g/mol. The molecule has 0 bridgehead atoms. The number of hydrogen-bond donors (Lipinski definition) is 2. The first kappa shape index (κ1) is 24.4. The van der Waals surface area contributed by atoms with Crippen molar-refractivity contribution in [3.05, 3.63) is 0 Å². The number of guanidine groups is 1. The molecule has 2 rings (SSSR count). The third kappa shape index (κ3) is 8.51. The molecular weight excluding hydrogens is 457 g/mol. The summed E-state index contributed by atoms with van der Waals surface area (Å²) in [5.74, 6) is 1.59. The summed E-state index contributed by atoms with van der Waals surface area (Å²) in [6.45, 7) is 14.2. The Hall–Kier alpha value is -0.610. The number of likely N-dealkylation sites (tertiary alicyclic amines) is 1. The molecule has 2 heterocycles. The second-order valence-corrected chi connectivity index (χ2v) is 7.44. The molecule has 27 heavy (non-hydrogen) atoms. The molecule has 0 spiro atoms. The van der Waals surface area contributed by atoms with Gasteiger partial charge in [-0.05, 0) is 25.7 Å². The van der Waals surface area contributed by atoms with Gasteiger partial charge in [-0.15, -0.1) is 24.0 Å². The van der Waals surface area contributed by atoms with Crippen LogP contribution in [0, 0.1) is 5.92 Å². The summed E-state index contributed by atoms with van der Waals surface area (Å²) in [6, 6.07) is 0.417. The molecule has 1 unspecified atom stereocenters. The van der Waals surface area contributed by atoms with Gasteiger partial charge in [0.15, 0.2) is 5.96 Å². The number of nitrogens with one attached hydrogen (secondary N) is 2. The molecule has 2 N–H and O–H groups in total. The van der Waals surface area contributed by atoms with E-state index in [4.69, 9.17) is 9.73 Å². The van der Waals surface area contributed by atoms with Crippen LogP contribution in [0.3, 0.4) is 0 Å². The van der Waals surface area contributed by atoms with Crippen LogP contribution in [0.5, 0.6) is 0 Å². The van der Waals surface area contributed by atoms with Gasteiger partial charge in [-0.3, -0.25) is 14.7 Å². The molecule has 0 radical (unpaired) electrons. The minimum absolute atomic E-state index is 0. The van der Waals surface area contributed by atoms with Gasteiger partial charge in [-0.2, -0.15) is 0 Å². The van der Waals surface area contributed by atoms with E-state index in [0.29, 0.717) is 24.9 Å². The quantitative estimate of drug-likeness (QED) is 0.304. The first-order valence-corrected chi connectivity index (χ1v) is 10.2. The summed E-state index contributed by atoms with van der Waals surface area (Å²) in [5.41, 5.74) is 0. The van der Waals surface area contributed by atoms with Crippen LogP contribution in [0.4, 0.5) is 0 Å². The normalized spacial score (nSPS) is 19.7. The summed E-state index contributed by atoms with van der Waals surface area (Å²) in [7, 11) is 0. The van der Waals surface area contributed by atoms with Crippen LogP contribution in [0.15, 0.2) is 4.99 Å². The molecule has 2 aliphatic rings. The van der Waals surface area contributed by atoms with Crippen molar-refractivity contribution in [1.82, 2.24) is 20.4 Å². The number of hydrogen-bond acceptors (Lipinski definition) is 4. The Bertz CT molecular complexity index is 449. The summed E-state index contributed by atoms with van der Waals surface area (Å²) in [4.78, 5) is 21.4. The molecule has 0 aromatic heterocycles. The van der Waals surface area contributed by atoms with Crippen LogP contribution in [-0.4, -0.2) is 86.7 Å². The van der Waals surface area contributed by atoms with Gasteiger partial charge in [-0.25, -0.2) is 0 Å². The lowest BCUT2D eigenvalue weighted by molar-refractivity contribution is -0.129. The highest BCUT2D eigenvalue weighted by Gasteiger charge is 2.23. The predicted molar refractivity (Wildman–Crippen MR) is 121 cm³/mol. The molecule has 2 fully saturated rings. The lowest BCUT2D eigenvalue weighted by Gasteiger charge is -2.36. The highest BCUT2D eigenvalue weighted by Crippen LogP contribution is 2.13. The van der Waals surface area contributed by atoms with Gasteiger partial charge in [0.1, 0.15) is 0 Å². The number of ether oxygens (including phenoxy) is 1. The molecule has 0 saturated carbocycles. The summed E-state index contributed by atoms with van der Waals surface area (Å²) >= 11 is 0. The Morgan fingerprint density at radius 2 is 1.78 bits per heavy atom. The Morgan fingerprint density at radius 3 is 2.37 bits per heavy atom. The number of aliphatic imine (C=N–C) groups is 1. The maximum atomic E-state index is 12.2. The summed E-state index contributed by atoms with van der Waals surface area (Å²) < 4.78 is 5.47. The van der Waals surface area contributed by atoms with Crippen molar-refractivity contribution in [2.75, 3.05) is 59.0 Å². The smallest absolute Gasteiger partial charge is 0.224 e. The zero-order valence-electron chi connectivity index (χ0n) is 17.2. The van der Waals surface area contributed by atoms with Gasteiger partial charge >= 0.3 is 0 Å². The Balaban J connectivity index is 0.00000364. The third-order valence-electron chi connectivity index (χ3n) is 5.16. The SMILES string of the molecule is CCNC(=NCC(C(C)C)N1CCOCC1)NCCC(=O)N1CCCC1.I. The number of carbonyl (C=O) groups excluding carboxylic acids is 1. The van der Waals surface area contributed by atoms with Gasteiger partial charge in [0.25, 0.3) is 0 Å². The van der Waals surface area contributed by atoms with E-state index in [1.165, 1.54) is 0 Å². The van der Waals surface area contributed by atoms with Gasteiger partial charge in [0, 0.05) is 51.7 Å². The fourth-order valence-corrected chi connectivity index (χ4v) is 3.60. The second-order valence-electron chi connectivity index (χ2n) is 7.44.